The number of aliphatic hydroxyl groups excluding tert-OH is 1. The second-order valence-corrected chi connectivity index (χ2v) is 9.10. The van der Waals surface area contributed by atoms with E-state index in [1.807, 2.05) is 54.7 Å². The number of carbonyl (C=O) groups excluding carboxylic acids is 2. The number of fused-ring (bicyclic) bond motifs is 2. The van der Waals surface area contributed by atoms with Crippen molar-refractivity contribution in [3.63, 3.8) is 0 Å². The first-order valence-electron chi connectivity index (χ1n) is 12.5. The molecule has 3 heterocycles. The molecule has 37 heavy (non-hydrogen) atoms. The lowest BCUT2D eigenvalue weighted by molar-refractivity contribution is -0.146. The largest absolute Gasteiger partial charge is 0.459 e. The van der Waals surface area contributed by atoms with Crippen LogP contribution in [0.2, 0.25) is 0 Å². The zero-order valence-electron chi connectivity index (χ0n) is 20.6. The van der Waals surface area contributed by atoms with E-state index in [0.29, 0.717) is 31.7 Å². The molecule has 2 aromatic heterocycles. The second-order valence-electron chi connectivity index (χ2n) is 9.10. The zero-order chi connectivity index (χ0) is 25.8. The van der Waals surface area contributed by atoms with Gasteiger partial charge in [0.1, 0.15) is 5.82 Å². The molecule has 1 aliphatic rings. The van der Waals surface area contributed by atoms with Gasteiger partial charge in [0, 0.05) is 37.5 Å². The number of unbranched alkanes of at least 4 members (excludes halogenated alkanes) is 1. The van der Waals surface area contributed by atoms with Gasteiger partial charge in [-0.3, -0.25) is 14.2 Å². The van der Waals surface area contributed by atoms with Gasteiger partial charge in [-0.15, -0.1) is 0 Å². The molecule has 0 saturated heterocycles. The standard InChI is InChI=1S/C28H30N4O5/c1-18(34)32-17-21(20-8-2-5-11-24(20)32)19-14-25(37-27(15-19)36-13-7-6-12-33)28(35)29-16-26-30-22-9-3-4-10-23(22)31-26/h2-5,8-11,14,17,19,27,33H,6-7,12-13,15-16H2,1H3,(H,29,35)(H,30,31)/t19-,27+/m0/s1. The number of para-hydroxylation sites is 3. The maximum Gasteiger partial charge on any atom is 0.286 e. The van der Waals surface area contributed by atoms with E-state index in [1.54, 1.807) is 10.6 Å². The molecule has 0 spiro atoms. The topological polar surface area (TPSA) is 118 Å². The van der Waals surface area contributed by atoms with Crippen molar-refractivity contribution in [1.29, 1.82) is 0 Å². The van der Waals surface area contributed by atoms with Crippen molar-refractivity contribution in [2.75, 3.05) is 13.2 Å². The molecular formula is C28H30N4O5. The van der Waals surface area contributed by atoms with Crippen molar-refractivity contribution < 1.29 is 24.2 Å². The van der Waals surface area contributed by atoms with Gasteiger partial charge in [-0.1, -0.05) is 30.3 Å². The summed E-state index contributed by atoms with van der Waals surface area (Å²) >= 11 is 0. The molecule has 2 aromatic carbocycles. The molecule has 5 rings (SSSR count). The minimum atomic E-state index is -0.639. The Morgan fingerprint density at radius 1 is 1.19 bits per heavy atom. The van der Waals surface area contributed by atoms with Gasteiger partial charge in [0.25, 0.3) is 5.91 Å². The number of hydrogen-bond acceptors (Lipinski definition) is 6. The molecular weight excluding hydrogens is 472 g/mol. The number of ether oxygens (including phenoxy) is 2. The summed E-state index contributed by atoms with van der Waals surface area (Å²) in [7, 11) is 0. The minimum Gasteiger partial charge on any atom is -0.459 e. The van der Waals surface area contributed by atoms with Crippen molar-refractivity contribution in [3.05, 3.63) is 78.0 Å². The van der Waals surface area contributed by atoms with Crippen LogP contribution in [0.5, 0.6) is 0 Å². The Hall–Kier alpha value is -3.95. The van der Waals surface area contributed by atoms with Crippen molar-refractivity contribution in [1.82, 2.24) is 19.9 Å². The number of nitrogens with zero attached hydrogens (tertiary/aromatic N) is 2. The molecule has 0 saturated carbocycles. The zero-order valence-corrected chi connectivity index (χ0v) is 20.6. The average Bonchev–Trinajstić information content (AvgIpc) is 3.51. The van der Waals surface area contributed by atoms with Crippen LogP contribution in [0.25, 0.3) is 21.9 Å². The first-order chi connectivity index (χ1) is 18.0. The van der Waals surface area contributed by atoms with E-state index >= 15 is 0 Å². The lowest BCUT2D eigenvalue weighted by atomic mass is 9.92. The van der Waals surface area contributed by atoms with Crippen LogP contribution in [0.3, 0.4) is 0 Å². The van der Waals surface area contributed by atoms with Gasteiger partial charge in [0.05, 0.1) is 29.7 Å². The van der Waals surface area contributed by atoms with E-state index in [4.69, 9.17) is 14.6 Å². The van der Waals surface area contributed by atoms with Gasteiger partial charge in [-0.2, -0.15) is 0 Å². The molecule has 9 heteroatoms. The SMILES string of the molecule is CC(=O)n1cc([C@H]2C=C(C(=O)NCc3nc4ccccc4[nH]3)O[C@@H](OCCCCO)C2)c2ccccc21. The molecule has 4 aromatic rings. The molecule has 3 N–H and O–H groups in total. The highest BCUT2D eigenvalue weighted by atomic mass is 16.7. The Morgan fingerprint density at radius 3 is 2.81 bits per heavy atom. The average molecular weight is 503 g/mol. The Morgan fingerprint density at radius 2 is 2.00 bits per heavy atom. The first-order valence-corrected chi connectivity index (χ1v) is 12.5. The Bertz CT molecular complexity index is 1420. The molecule has 0 aliphatic carbocycles. The molecule has 1 aliphatic heterocycles. The Kier molecular flexibility index (Phi) is 7.34. The van der Waals surface area contributed by atoms with Crippen molar-refractivity contribution in [3.8, 4) is 0 Å². The van der Waals surface area contributed by atoms with Crippen LogP contribution in [-0.4, -0.2) is 51.0 Å². The van der Waals surface area contributed by atoms with Gasteiger partial charge in [-0.25, -0.2) is 4.98 Å². The summed E-state index contributed by atoms with van der Waals surface area (Å²) < 4.78 is 13.5. The summed E-state index contributed by atoms with van der Waals surface area (Å²) in [6.07, 6.45) is 4.80. The molecule has 0 fully saturated rings. The monoisotopic (exact) mass is 502 g/mol. The van der Waals surface area contributed by atoms with Crippen molar-refractivity contribution in [2.45, 2.75) is 44.9 Å². The third-order valence-corrected chi connectivity index (χ3v) is 6.47. The highest BCUT2D eigenvalue weighted by Crippen LogP contribution is 2.36. The fourth-order valence-electron chi connectivity index (χ4n) is 4.67. The van der Waals surface area contributed by atoms with Crippen LogP contribution >= 0.6 is 0 Å². The van der Waals surface area contributed by atoms with Crippen LogP contribution in [0.15, 0.2) is 66.6 Å². The predicted octanol–water partition coefficient (Wildman–Crippen LogP) is 4.00. The van der Waals surface area contributed by atoms with Gasteiger partial charge < -0.3 is 24.9 Å². The fourth-order valence-corrected chi connectivity index (χ4v) is 4.67. The Labute approximate surface area is 214 Å². The minimum absolute atomic E-state index is 0.0842. The number of benzene rings is 2. The van der Waals surface area contributed by atoms with E-state index in [0.717, 1.165) is 27.5 Å². The normalized spacial score (nSPS) is 17.5. The van der Waals surface area contributed by atoms with Gasteiger partial charge in [-0.05, 0) is 42.7 Å². The van der Waals surface area contributed by atoms with Crippen LogP contribution in [0.4, 0.5) is 0 Å². The summed E-state index contributed by atoms with van der Waals surface area (Å²) in [5.74, 6) is 0.153. The lowest BCUT2D eigenvalue weighted by Gasteiger charge is -2.29. The lowest BCUT2D eigenvalue weighted by Crippen LogP contribution is -2.33. The number of H-pyrrole nitrogens is 1. The number of imidazole rings is 1. The van der Waals surface area contributed by atoms with E-state index < -0.39 is 6.29 Å². The number of aromatic amines is 1. The van der Waals surface area contributed by atoms with Crippen molar-refractivity contribution >= 4 is 33.8 Å². The van der Waals surface area contributed by atoms with Crippen LogP contribution in [-0.2, 0) is 20.8 Å². The molecule has 2 atom stereocenters. The molecule has 0 bridgehead atoms. The number of rotatable bonds is 9. The molecule has 0 unspecified atom stereocenters. The number of allylic oxidation sites excluding steroid dienone is 1. The van der Waals surface area contributed by atoms with Gasteiger partial charge >= 0.3 is 0 Å². The van der Waals surface area contributed by atoms with E-state index in [2.05, 4.69) is 15.3 Å². The van der Waals surface area contributed by atoms with E-state index in [-0.39, 0.29) is 36.6 Å². The molecule has 9 nitrogen and oxygen atoms in total. The van der Waals surface area contributed by atoms with Crippen LogP contribution in [0, 0.1) is 0 Å². The number of aromatic nitrogens is 3. The van der Waals surface area contributed by atoms with Gasteiger partial charge in [0.15, 0.2) is 5.76 Å². The Balaban J connectivity index is 1.39. The summed E-state index contributed by atoms with van der Waals surface area (Å²) in [6, 6.07) is 15.4. The first kappa shape index (κ1) is 24.7. The smallest absolute Gasteiger partial charge is 0.286 e. The maximum absolute atomic E-state index is 13.2. The number of amides is 1. The molecule has 1 amide bonds. The molecule has 192 valence electrons. The summed E-state index contributed by atoms with van der Waals surface area (Å²) in [5.41, 5.74) is 3.48. The number of nitrogens with one attached hydrogen (secondary N) is 2. The predicted molar refractivity (Wildman–Crippen MR) is 139 cm³/mol. The van der Waals surface area contributed by atoms with E-state index in [9.17, 15) is 9.59 Å². The summed E-state index contributed by atoms with van der Waals surface area (Å²) in [4.78, 5) is 33.2. The highest BCUT2D eigenvalue weighted by molar-refractivity contribution is 5.95. The van der Waals surface area contributed by atoms with Crippen LogP contribution in [0.1, 0.15) is 48.3 Å². The third-order valence-electron chi connectivity index (χ3n) is 6.47. The number of hydrogen-bond donors (Lipinski definition) is 3. The quantitative estimate of drug-likeness (QED) is 0.298. The van der Waals surface area contributed by atoms with Gasteiger partial charge in [0.2, 0.25) is 12.2 Å². The summed E-state index contributed by atoms with van der Waals surface area (Å²) in [6.45, 7) is 2.24. The van der Waals surface area contributed by atoms with E-state index in [1.165, 1.54) is 6.92 Å². The van der Waals surface area contributed by atoms with Crippen LogP contribution < -0.4 is 5.32 Å². The maximum atomic E-state index is 13.2. The number of carbonyl (C=O) groups is 2. The third kappa shape index (κ3) is 5.42. The second kappa shape index (κ2) is 11.0. The fraction of sp³-hybridized carbons (Fsp3) is 0.321. The number of aliphatic hydroxyl groups is 1. The summed E-state index contributed by atoms with van der Waals surface area (Å²) in [5, 5.41) is 12.9. The van der Waals surface area contributed by atoms with Crippen molar-refractivity contribution in [2.24, 2.45) is 0 Å². The highest BCUT2D eigenvalue weighted by Gasteiger charge is 2.30. The molecule has 0 radical (unpaired) electrons.